The number of hydrogen-bond acceptors (Lipinski definition) is 1. The molecule has 1 nitrogen and oxygen atoms in total. The Balaban J connectivity index is 3.14. The topological polar surface area (TPSA) is 3.24 Å². The minimum atomic E-state index is 0.703. The van der Waals surface area contributed by atoms with E-state index in [1.807, 2.05) is 0 Å². The van der Waals surface area contributed by atoms with Crippen LogP contribution in [0.5, 0.6) is 0 Å². The number of nitrogens with zero attached hydrogens (tertiary/aromatic N) is 1. The summed E-state index contributed by atoms with van der Waals surface area (Å²) < 4.78 is 0. The van der Waals surface area contributed by atoms with E-state index in [1.165, 1.54) is 19.4 Å². The zero-order valence-electron chi connectivity index (χ0n) is 8.30. The van der Waals surface area contributed by atoms with Crippen molar-refractivity contribution < 1.29 is 0 Å². The molecule has 11 heavy (non-hydrogen) atoms. The van der Waals surface area contributed by atoms with Gasteiger partial charge in [-0.2, -0.15) is 0 Å². The molecule has 1 heteroatoms. The van der Waals surface area contributed by atoms with E-state index < -0.39 is 0 Å². The van der Waals surface area contributed by atoms with Gasteiger partial charge in [-0.3, -0.25) is 0 Å². The van der Waals surface area contributed by atoms with E-state index >= 15 is 0 Å². The molecule has 0 saturated carbocycles. The number of rotatable bonds is 5. The lowest BCUT2D eigenvalue weighted by Gasteiger charge is -2.06. The average Bonchev–Trinajstić information content (AvgIpc) is 1.85. The van der Waals surface area contributed by atoms with E-state index in [0.29, 0.717) is 5.92 Å². The van der Waals surface area contributed by atoms with E-state index in [9.17, 15) is 0 Å². The van der Waals surface area contributed by atoms with Crippen LogP contribution in [0.15, 0.2) is 12.2 Å². The molecule has 0 aromatic rings. The molecule has 0 aliphatic heterocycles. The lowest BCUT2D eigenvalue weighted by Crippen LogP contribution is -2.12. The quantitative estimate of drug-likeness (QED) is 0.435. The first-order chi connectivity index (χ1) is 5.13. The van der Waals surface area contributed by atoms with Crippen LogP contribution in [-0.2, 0) is 0 Å². The maximum Gasteiger partial charge on any atom is -0.00219 e. The molecule has 66 valence electrons. The molecule has 0 fully saturated rings. The molecular formula is C10H21N. The average molecular weight is 155 g/mol. The molecule has 0 amide bonds. The van der Waals surface area contributed by atoms with Gasteiger partial charge in [0.05, 0.1) is 0 Å². The van der Waals surface area contributed by atoms with Crippen molar-refractivity contribution in [1.29, 1.82) is 0 Å². The Kier molecular flexibility index (Phi) is 6.24. The van der Waals surface area contributed by atoms with Gasteiger partial charge in [-0.15, -0.1) is 0 Å². The summed E-state index contributed by atoms with van der Waals surface area (Å²) >= 11 is 0. The second-order valence-electron chi connectivity index (χ2n) is 3.62. The molecule has 0 aromatic carbocycles. The van der Waals surface area contributed by atoms with E-state index in [-0.39, 0.29) is 0 Å². The fourth-order valence-corrected chi connectivity index (χ4v) is 0.894. The Bertz CT molecular complexity index is 103. The molecule has 0 atom stereocenters. The van der Waals surface area contributed by atoms with Crippen molar-refractivity contribution in [1.82, 2.24) is 4.90 Å². The molecule has 0 radical (unpaired) electrons. The summed E-state index contributed by atoms with van der Waals surface area (Å²) in [6, 6.07) is 0. The fourth-order valence-electron chi connectivity index (χ4n) is 0.894. The summed E-state index contributed by atoms with van der Waals surface area (Å²) in [4.78, 5) is 2.23. The molecule has 0 heterocycles. The Labute approximate surface area is 71.1 Å². The highest BCUT2D eigenvalue weighted by molar-refractivity contribution is 4.84. The highest BCUT2D eigenvalue weighted by Gasteiger charge is 1.87. The summed E-state index contributed by atoms with van der Waals surface area (Å²) in [6.45, 7) is 5.62. The zero-order valence-corrected chi connectivity index (χ0v) is 8.30. The van der Waals surface area contributed by atoms with E-state index in [2.05, 4.69) is 45.0 Å². The Morgan fingerprint density at radius 2 is 1.91 bits per heavy atom. The van der Waals surface area contributed by atoms with Gasteiger partial charge >= 0.3 is 0 Å². The van der Waals surface area contributed by atoms with Crippen molar-refractivity contribution in [3.05, 3.63) is 12.2 Å². The van der Waals surface area contributed by atoms with Crippen molar-refractivity contribution in [2.75, 3.05) is 20.6 Å². The summed E-state index contributed by atoms with van der Waals surface area (Å²) in [7, 11) is 4.23. The van der Waals surface area contributed by atoms with Crippen molar-refractivity contribution >= 4 is 0 Å². The minimum absolute atomic E-state index is 0.703. The highest BCUT2D eigenvalue weighted by atomic mass is 15.0. The third-order valence-electron chi connectivity index (χ3n) is 1.50. The second-order valence-corrected chi connectivity index (χ2v) is 3.62. The van der Waals surface area contributed by atoms with E-state index in [0.717, 1.165) is 0 Å². The Hall–Kier alpha value is -0.300. The molecular weight excluding hydrogens is 134 g/mol. The van der Waals surface area contributed by atoms with E-state index in [4.69, 9.17) is 0 Å². The first-order valence-corrected chi connectivity index (χ1v) is 4.44. The lowest BCUT2D eigenvalue weighted by molar-refractivity contribution is 0.401. The van der Waals surface area contributed by atoms with Gasteiger partial charge in [-0.1, -0.05) is 26.0 Å². The molecule has 0 bridgehead atoms. The fraction of sp³-hybridized carbons (Fsp3) is 0.800. The first-order valence-electron chi connectivity index (χ1n) is 4.44. The highest BCUT2D eigenvalue weighted by Crippen LogP contribution is 1.97. The predicted octanol–water partition coefficient (Wildman–Crippen LogP) is 2.54. The van der Waals surface area contributed by atoms with Gasteiger partial charge in [0.25, 0.3) is 0 Å². The van der Waals surface area contributed by atoms with Crippen LogP contribution in [0, 0.1) is 5.92 Å². The van der Waals surface area contributed by atoms with Gasteiger partial charge in [0.15, 0.2) is 0 Å². The Morgan fingerprint density at radius 1 is 1.27 bits per heavy atom. The number of allylic oxidation sites excluding steroid dienone is 2. The largest absolute Gasteiger partial charge is 0.309 e. The zero-order chi connectivity index (χ0) is 8.69. The van der Waals surface area contributed by atoms with Crippen molar-refractivity contribution in [2.24, 2.45) is 5.92 Å². The smallest absolute Gasteiger partial charge is 0.00219 e. The third kappa shape index (κ3) is 9.70. The maximum atomic E-state index is 2.29. The predicted molar refractivity (Wildman–Crippen MR) is 51.8 cm³/mol. The van der Waals surface area contributed by atoms with Crippen LogP contribution in [0.1, 0.15) is 26.7 Å². The standard InChI is InChI=1S/C10H21N/c1-10(2)8-6-5-7-9-11(3)4/h6,8,10H,5,7,9H2,1-4H3/b8-6-. The van der Waals surface area contributed by atoms with Crippen molar-refractivity contribution in [2.45, 2.75) is 26.7 Å². The van der Waals surface area contributed by atoms with Crippen LogP contribution in [0.25, 0.3) is 0 Å². The molecule has 0 spiro atoms. The van der Waals surface area contributed by atoms with Crippen LogP contribution < -0.4 is 0 Å². The summed E-state index contributed by atoms with van der Waals surface area (Å²) in [5.41, 5.74) is 0. The molecule has 0 aromatic heterocycles. The van der Waals surface area contributed by atoms with Gasteiger partial charge in [0.2, 0.25) is 0 Å². The van der Waals surface area contributed by atoms with Crippen LogP contribution in [0.2, 0.25) is 0 Å². The third-order valence-corrected chi connectivity index (χ3v) is 1.50. The van der Waals surface area contributed by atoms with Crippen LogP contribution in [-0.4, -0.2) is 25.5 Å². The SMILES string of the molecule is CC(C)/C=C\CCCN(C)C. The van der Waals surface area contributed by atoms with E-state index in [1.54, 1.807) is 0 Å². The first kappa shape index (κ1) is 10.7. The summed E-state index contributed by atoms with van der Waals surface area (Å²) in [5, 5.41) is 0. The monoisotopic (exact) mass is 155 g/mol. The minimum Gasteiger partial charge on any atom is -0.309 e. The molecule has 0 aliphatic rings. The summed E-state index contributed by atoms with van der Waals surface area (Å²) in [5.74, 6) is 0.703. The Morgan fingerprint density at radius 3 is 2.36 bits per heavy atom. The lowest BCUT2D eigenvalue weighted by atomic mass is 10.2. The van der Waals surface area contributed by atoms with Crippen molar-refractivity contribution in [3.8, 4) is 0 Å². The number of hydrogen-bond donors (Lipinski definition) is 0. The normalized spacial score (nSPS) is 12.2. The molecule has 0 rings (SSSR count). The van der Waals surface area contributed by atoms with Gasteiger partial charge in [0.1, 0.15) is 0 Å². The maximum absolute atomic E-state index is 2.29. The van der Waals surface area contributed by atoms with Crippen molar-refractivity contribution in [3.63, 3.8) is 0 Å². The van der Waals surface area contributed by atoms with Gasteiger partial charge < -0.3 is 4.90 Å². The van der Waals surface area contributed by atoms with Gasteiger partial charge in [-0.05, 0) is 39.4 Å². The molecule has 0 unspecified atom stereocenters. The van der Waals surface area contributed by atoms with Gasteiger partial charge in [0, 0.05) is 0 Å². The molecule has 0 saturated heterocycles. The van der Waals surface area contributed by atoms with Crippen LogP contribution in [0.3, 0.4) is 0 Å². The second kappa shape index (κ2) is 6.41. The number of unbranched alkanes of at least 4 members (excludes halogenated alkanes) is 1. The molecule has 0 aliphatic carbocycles. The van der Waals surface area contributed by atoms with Crippen LogP contribution in [0.4, 0.5) is 0 Å². The molecule has 0 N–H and O–H groups in total. The van der Waals surface area contributed by atoms with Gasteiger partial charge in [-0.25, -0.2) is 0 Å². The summed E-state index contributed by atoms with van der Waals surface area (Å²) in [6.07, 6.45) is 7.05. The van der Waals surface area contributed by atoms with Crippen LogP contribution >= 0.6 is 0 Å².